The second-order valence-electron chi connectivity index (χ2n) is 5.26. The average Bonchev–Trinajstić information content (AvgIpc) is 2.83. The average molecular weight is 281 g/mol. The summed E-state index contributed by atoms with van der Waals surface area (Å²) in [4.78, 5) is 14.2. The summed E-state index contributed by atoms with van der Waals surface area (Å²) in [6.45, 7) is 2.85. The van der Waals surface area contributed by atoms with Crippen LogP contribution in [0.5, 0.6) is 0 Å². The molecule has 0 bridgehead atoms. The number of nitro benzene ring substituents is 1. The highest BCUT2D eigenvalue weighted by Gasteiger charge is 2.39. The molecule has 108 valence electrons. The van der Waals surface area contributed by atoms with Crippen molar-refractivity contribution in [2.45, 2.75) is 12.1 Å². The number of fused-ring (bicyclic) bond motifs is 1. The van der Waals surface area contributed by atoms with Crippen molar-refractivity contribution in [1.29, 1.82) is 0 Å². The first kappa shape index (κ1) is 13.3. The number of nitro groups is 1. The molecule has 2 saturated heterocycles. The van der Waals surface area contributed by atoms with Crippen LogP contribution < -0.4 is 4.90 Å². The van der Waals surface area contributed by atoms with E-state index >= 15 is 0 Å². The lowest BCUT2D eigenvalue weighted by Crippen LogP contribution is -2.48. The van der Waals surface area contributed by atoms with Gasteiger partial charge in [0.2, 0.25) is 0 Å². The first-order chi connectivity index (χ1) is 9.56. The maximum Gasteiger partial charge on any atom is 0.272 e. The normalized spacial score (nSPS) is 26.6. The highest BCUT2D eigenvalue weighted by molar-refractivity contribution is 5.53. The number of halogens is 1. The van der Waals surface area contributed by atoms with E-state index in [1.54, 1.807) is 0 Å². The Morgan fingerprint density at radius 3 is 2.90 bits per heavy atom. The van der Waals surface area contributed by atoms with Gasteiger partial charge < -0.3 is 9.64 Å². The summed E-state index contributed by atoms with van der Waals surface area (Å²) in [7, 11) is 2.04. The van der Waals surface area contributed by atoms with Crippen molar-refractivity contribution in [3.63, 3.8) is 0 Å². The Labute approximate surface area is 115 Å². The molecule has 0 radical (unpaired) electrons. The van der Waals surface area contributed by atoms with E-state index in [1.165, 1.54) is 12.1 Å². The van der Waals surface area contributed by atoms with Gasteiger partial charge in [0, 0.05) is 25.7 Å². The number of likely N-dealkylation sites (N-methyl/N-ethyl adjacent to an activating group) is 1. The number of nitrogens with zero attached hydrogens (tertiary/aromatic N) is 3. The topological polar surface area (TPSA) is 58.8 Å². The zero-order valence-electron chi connectivity index (χ0n) is 11.2. The van der Waals surface area contributed by atoms with E-state index in [0.29, 0.717) is 25.4 Å². The molecule has 1 aromatic carbocycles. The third-order valence-corrected chi connectivity index (χ3v) is 4.06. The van der Waals surface area contributed by atoms with Crippen molar-refractivity contribution >= 4 is 11.4 Å². The molecule has 0 aliphatic carbocycles. The van der Waals surface area contributed by atoms with Crippen molar-refractivity contribution in [2.24, 2.45) is 0 Å². The summed E-state index contributed by atoms with van der Waals surface area (Å²) < 4.78 is 19.7. The number of hydrogen-bond donors (Lipinski definition) is 0. The van der Waals surface area contributed by atoms with Gasteiger partial charge in [-0.1, -0.05) is 0 Å². The first-order valence-corrected chi connectivity index (χ1v) is 6.57. The number of rotatable bonds is 2. The lowest BCUT2D eigenvalue weighted by atomic mass is 10.1. The van der Waals surface area contributed by atoms with Gasteiger partial charge in [0.15, 0.2) is 5.82 Å². The van der Waals surface area contributed by atoms with Crippen molar-refractivity contribution in [3.05, 3.63) is 34.1 Å². The molecule has 20 heavy (non-hydrogen) atoms. The molecule has 7 heteroatoms. The van der Waals surface area contributed by atoms with Gasteiger partial charge in [-0.15, -0.1) is 0 Å². The molecular formula is C13H16FN3O3. The van der Waals surface area contributed by atoms with E-state index in [-0.39, 0.29) is 17.8 Å². The van der Waals surface area contributed by atoms with E-state index in [4.69, 9.17) is 4.74 Å². The molecule has 2 aliphatic heterocycles. The predicted octanol–water partition coefficient (Wildman–Crippen LogP) is 1.25. The molecule has 0 aromatic heterocycles. The molecule has 0 spiro atoms. The smallest absolute Gasteiger partial charge is 0.272 e. The van der Waals surface area contributed by atoms with Crippen LogP contribution in [-0.4, -0.2) is 55.3 Å². The summed E-state index contributed by atoms with van der Waals surface area (Å²) >= 11 is 0. The monoisotopic (exact) mass is 281 g/mol. The second kappa shape index (κ2) is 4.99. The molecule has 0 amide bonds. The molecule has 3 rings (SSSR count). The van der Waals surface area contributed by atoms with Gasteiger partial charge in [-0.05, 0) is 13.1 Å². The van der Waals surface area contributed by atoms with Crippen LogP contribution in [0, 0.1) is 15.9 Å². The van der Waals surface area contributed by atoms with Crippen molar-refractivity contribution < 1.29 is 14.1 Å². The maximum absolute atomic E-state index is 14.0. The Balaban J connectivity index is 1.82. The Hall–Kier alpha value is -1.73. The number of morpholine rings is 1. The zero-order valence-corrected chi connectivity index (χ0v) is 11.2. The third kappa shape index (κ3) is 2.23. The molecule has 2 fully saturated rings. The summed E-state index contributed by atoms with van der Waals surface area (Å²) in [6.07, 6.45) is 0.0725. The number of benzene rings is 1. The van der Waals surface area contributed by atoms with E-state index < -0.39 is 10.7 Å². The number of anilines is 1. The number of ether oxygens (including phenoxy) is 1. The predicted molar refractivity (Wildman–Crippen MR) is 71.4 cm³/mol. The van der Waals surface area contributed by atoms with E-state index in [2.05, 4.69) is 4.90 Å². The zero-order chi connectivity index (χ0) is 14.3. The van der Waals surface area contributed by atoms with E-state index in [9.17, 15) is 14.5 Å². The fraction of sp³-hybridized carbons (Fsp3) is 0.538. The Morgan fingerprint density at radius 2 is 2.25 bits per heavy atom. The molecule has 6 nitrogen and oxygen atoms in total. The lowest BCUT2D eigenvalue weighted by molar-refractivity contribution is -0.385. The fourth-order valence-corrected chi connectivity index (χ4v) is 2.92. The highest BCUT2D eigenvalue weighted by atomic mass is 19.1. The van der Waals surface area contributed by atoms with Gasteiger partial charge in [0.05, 0.1) is 35.4 Å². The Bertz CT molecular complexity index is 540. The minimum Gasteiger partial charge on any atom is -0.373 e. The van der Waals surface area contributed by atoms with E-state index in [0.717, 1.165) is 12.6 Å². The summed E-state index contributed by atoms with van der Waals surface area (Å²) in [5.41, 5.74) is 0.179. The Kier molecular flexibility index (Phi) is 3.31. The minimum atomic E-state index is -0.590. The summed E-state index contributed by atoms with van der Waals surface area (Å²) in [5.74, 6) is -0.555. The lowest BCUT2D eigenvalue weighted by Gasteiger charge is -2.33. The first-order valence-electron chi connectivity index (χ1n) is 6.57. The molecule has 0 N–H and O–H groups in total. The molecule has 2 aliphatic rings. The van der Waals surface area contributed by atoms with Gasteiger partial charge in [-0.2, -0.15) is 0 Å². The summed E-state index contributed by atoms with van der Waals surface area (Å²) in [6, 6.07) is 4.04. The van der Waals surface area contributed by atoms with Crippen LogP contribution in [-0.2, 0) is 4.74 Å². The van der Waals surface area contributed by atoms with Crippen LogP contribution in [0.4, 0.5) is 15.8 Å². The molecule has 2 unspecified atom stereocenters. The molecule has 2 atom stereocenters. The summed E-state index contributed by atoms with van der Waals surface area (Å²) in [5, 5.41) is 10.6. The highest BCUT2D eigenvalue weighted by Crippen LogP contribution is 2.30. The number of hydrogen-bond acceptors (Lipinski definition) is 5. The fourth-order valence-electron chi connectivity index (χ4n) is 2.92. The molecule has 2 heterocycles. The van der Waals surface area contributed by atoms with Crippen LogP contribution >= 0.6 is 0 Å². The van der Waals surface area contributed by atoms with Gasteiger partial charge in [0.1, 0.15) is 0 Å². The van der Waals surface area contributed by atoms with Crippen LogP contribution in [0.2, 0.25) is 0 Å². The van der Waals surface area contributed by atoms with E-state index in [1.807, 2.05) is 11.9 Å². The third-order valence-electron chi connectivity index (χ3n) is 4.06. The molecular weight excluding hydrogens is 265 g/mol. The van der Waals surface area contributed by atoms with Gasteiger partial charge in [-0.3, -0.25) is 15.0 Å². The van der Waals surface area contributed by atoms with Crippen molar-refractivity contribution in [2.75, 3.05) is 38.2 Å². The largest absolute Gasteiger partial charge is 0.373 e. The van der Waals surface area contributed by atoms with Crippen LogP contribution in [0.3, 0.4) is 0 Å². The second-order valence-corrected chi connectivity index (χ2v) is 5.26. The van der Waals surface area contributed by atoms with Gasteiger partial charge in [0.25, 0.3) is 5.69 Å². The van der Waals surface area contributed by atoms with Crippen molar-refractivity contribution in [3.8, 4) is 0 Å². The molecule has 1 aromatic rings. The van der Waals surface area contributed by atoms with Gasteiger partial charge >= 0.3 is 0 Å². The maximum atomic E-state index is 14.0. The van der Waals surface area contributed by atoms with Crippen LogP contribution in [0.15, 0.2) is 18.2 Å². The van der Waals surface area contributed by atoms with Crippen molar-refractivity contribution in [1.82, 2.24) is 4.90 Å². The Morgan fingerprint density at radius 1 is 1.45 bits per heavy atom. The quantitative estimate of drug-likeness (QED) is 0.603. The number of non-ortho nitro benzene ring substituents is 1. The minimum absolute atomic E-state index is 0.0725. The van der Waals surface area contributed by atoms with Gasteiger partial charge in [-0.25, -0.2) is 4.39 Å². The standard InChI is InChI=1S/C13H16FN3O3/c1-15-4-5-20-13-8-16(7-12(13)15)11-3-2-9(17(18)19)6-10(11)14/h2-3,6,12-13H,4-5,7-8H2,1H3. The van der Waals surface area contributed by atoms with Crippen LogP contribution in [0.1, 0.15) is 0 Å². The SMILES string of the molecule is CN1CCOC2CN(c3ccc([N+](=O)[O-])cc3F)CC21. The molecule has 0 saturated carbocycles. The van der Waals surface area contributed by atoms with Crippen LogP contribution in [0.25, 0.3) is 0 Å².